The predicted molar refractivity (Wildman–Crippen MR) is 178 cm³/mol. The summed E-state index contributed by atoms with van der Waals surface area (Å²) in [6.45, 7) is 13.0. The number of amides is 1. The minimum Gasteiger partial charge on any atom is -0.490 e. The van der Waals surface area contributed by atoms with Crippen LogP contribution >= 0.6 is 0 Å². The third-order valence-corrected chi connectivity index (χ3v) is 7.73. The van der Waals surface area contributed by atoms with Crippen LogP contribution in [0.15, 0.2) is 86.0 Å². The molecule has 11 heteroatoms. The maximum atomic E-state index is 13.2. The second-order valence-corrected chi connectivity index (χ2v) is 13.0. The molecular weight excluding hydrogens is 618 g/mol. The Hall–Kier alpha value is -4.80. The smallest absolute Gasteiger partial charge is 0.407 e. The number of para-hydroxylation sites is 2. The van der Waals surface area contributed by atoms with Gasteiger partial charge in [-0.05, 0) is 60.3 Å². The Bertz CT molecular complexity index is 1360. The Labute approximate surface area is 282 Å². The molecule has 1 aliphatic carbocycles. The topological polar surface area (TPSA) is 136 Å². The summed E-state index contributed by atoms with van der Waals surface area (Å²) >= 11 is 0. The van der Waals surface area contributed by atoms with E-state index in [0.717, 1.165) is 25.0 Å². The van der Waals surface area contributed by atoms with Crippen LogP contribution in [0.1, 0.15) is 46.5 Å². The minimum absolute atomic E-state index is 0.00422. The van der Waals surface area contributed by atoms with Crippen LogP contribution in [0, 0.1) is 16.7 Å². The van der Waals surface area contributed by atoms with Gasteiger partial charge >= 0.3 is 24.0 Å². The molecule has 0 saturated heterocycles. The number of rotatable bonds is 18. The fourth-order valence-corrected chi connectivity index (χ4v) is 6.19. The molecule has 1 N–H and O–H groups in total. The van der Waals surface area contributed by atoms with Gasteiger partial charge in [0.25, 0.3) is 0 Å². The molecule has 2 aromatic carbocycles. The van der Waals surface area contributed by atoms with E-state index in [4.69, 9.17) is 28.4 Å². The second kappa shape index (κ2) is 18.5. The molecule has 0 aromatic heterocycles. The molecule has 0 heterocycles. The number of nitrogens with one attached hydrogen (secondary N) is 1. The van der Waals surface area contributed by atoms with Crippen LogP contribution < -0.4 is 14.8 Å². The van der Waals surface area contributed by atoms with Gasteiger partial charge in [0.15, 0.2) is 12.2 Å². The Morgan fingerprint density at radius 1 is 0.771 bits per heavy atom. The van der Waals surface area contributed by atoms with Crippen molar-refractivity contribution in [2.24, 2.45) is 16.7 Å². The number of hydrogen-bond acceptors (Lipinski definition) is 10. The van der Waals surface area contributed by atoms with Gasteiger partial charge in [0.05, 0.1) is 0 Å². The number of alkyl carbamates (subject to hydrolysis) is 1. The summed E-state index contributed by atoms with van der Waals surface area (Å²) in [7, 11) is 0. The average Bonchev–Trinajstić information content (AvgIpc) is 3.05. The molecule has 11 nitrogen and oxygen atoms in total. The normalized spacial score (nSPS) is 19.4. The van der Waals surface area contributed by atoms with Gasteiger partial charge in [-0.25, -0.2) is 14.4 Å². The first kappa shape index (κ1) is 37.7. The summed E-state index contributed by atoms with van der Waals surface area (Å²) in [5, 5.41) is 2.87. The SMILES string of the molecule is C=CC(=O)OCC(COc1ccccc1)OC(=O)CC1CC(C)(C)CC(C)(CNC(=O)OC(COC(=O)C=C)COc2ccccc2)C1. The van der Waals surface area contributed by atoms with Crippen molar-refractivity contribution in [3.8, 4) is 11.5 Å². The summed E-state index contributed by atoms with van der Waals surface area (Å²) in [5.41, 5.74) is -0.476. The van der Waals surface area contributed by atoms with Gasteiger partial charge in [0, 0.05) is 25.1 Å². The molecule has 0 spiro atoms. The highest BCUT2D eigenvalue weighted by molar-refractivity contribution is 5.81. The standard InChI is InChI=1S/C37H47NO10/c1-6-32(39)45-23-30(21-43-28-14-10-8-11-15-28)47-34(41)18-27-19-36(3,4)25-37(5,20-27)26-38-35(42)48-31(24-46-33(40)7-2)22-44-29-16-12-9-13-17-29/h6-17,27,30-31H,1-2,18-26H2,3-5H3,(H,38,42). The van der Waals surface area contributed by atoms with Crippen molar-refractivity contribution < 1.29 is 47.6 Å². The molecule has 1 amide bonds. The molecule has 1 aliphatic rings. The summed E-state index contributed by atoms with van der Waals surface area (Å²) in [4.78, 5) is 49.4. The number of carbonyl (C=O) groups is 4. The van der Waals surface area contributed by atoms with Crippen LogP contribution in [-0.2, 0) is 33.3 Å². The van der Waals surface area contributed by atoms with Gasteiger partial charge in [-0.3, -0.25) is 4.79 Å². The van der Waals surface area contributed by atoms with Gasteiger partial charge in [-0.1, -0.05) is 70.3 Å². The Morgan fingerprint density at radius 3 is 1.77 bits per heavy atom. The van der Waals surface area contributed by atoms with Gasteiger partial charge in [-0.2, -0.15) is 0 Å². The average molecular weight is 666 g/mol. The number of carbonyl (C=O) groups excluding carboxylic acids is 4. The van der Waals surface area contributed by atoms with Crippen LogP contribution in [0.2, 0.25) is 0 Å². The van der Waals surface area contributed by atoms with Crippen molar-refractivity contribution in [2.75, 3.05) is 33.0 Å². The minimum atomic E-state index is -0.864. The van der Waals surface area contributed by atoms with E-state index in [9.17, 15) is 19.2 Å². The number of ether oxygens (including phenoxy) is 6. The van der Waals surface area contributed by atoms with Gasteiger partial charge in [0.1, 0.15) is 37.9 Å². The van der Waals surface area contributed by atoms with Crippen LogP contribution in [0.3, 0.4) is 0 Å². The van der Waals surface area contributed by atoms with Gasteiger partial charge < -0.3 is 33.7 Å². The molecule has 2 aromatic rings. The molecule has 1 fully saturated rings. The molecule has 0 radical (unpaired) electrons. The third kappa shape index (κ3) is 13.9. The lowest BCUT2D eigenvalue weighted by Gasteiger charge is -2.46. The van der Waals surface area contributed by atoms with Crippen molar-refractivity contribution in [3.63, 3.8) is 0 Å². The largest absolute Gasteiger partial charge is 0.490 e. The van der Waals surface area contributed by atoms with E-state index in [-0.39, 0.29) is 49.6 Å². The van der Waals surface area contributed by atoms with Crippen molar-refractivity contribution >= 4 is 24.0 Å². The third-order valence-electron chi connectivity index (χ3n) is 7.73. The van der Waals surface area contributed by atoms with Crippen molar-refractivity contribution in [1.29, 1.82) is 0 Å². The van der Waals surface area contributed by atoms with Crippen LogP contribution in [0.5, 0.6) is 11.5 Å². The highest BCUT2D eigenvalue weighted by Gasteiger charge is 2.42. The molecule has 4 unspecified atom stereocenters. The van der Waals surface area contributed by atoms with Crippen LogP contribution in [-0.4, -0.2) is 69.2 Å². The number of hydrogen-bond donors (Lipinski definition) is 1. The maximum Gasteiger partial charge on any atom is 0.407 e. The lowest BCUT2D eigenvalue weighted by molar-refractivity contribution is -0.160. The number of benzene rings is 2. The Morgan fingerprint density at radius 2 is 1.27 bits per heavy atom. The van der Waals surface area contributed by atoms with E-state index in [0.29, 0.717) is 24.5 Å². The quantitative estimate of drug-likeness (QED) is 0.118. The molecule has 0 aliphatic heterocycles. The van der Waals surface area contributed by atoms with Crippen molar-refractivity contribution in [3.05, 3.63) is 86.0 Å². The first-order valence-corrected chi connectivity index (χ1v) is 16.0. The van der Waals surface area contributed by atoms with E-state index >= 15 is 0 Å². The van der Waals surface area contributed by atoms with E-state index in [1.165, 1.54) is 0 Å². The molecule has 1 saturated carbocycles. The summed E-state index contributed by atoms with van der Waals surface area (Å²) in [6, 6.07) is 18.1. The van der Waals surface area contributed by atoms with Gasteiger partial charge in [-0.15, -0.1) is 0 Å². The molecule has 0 bridgehead atoms. The highest BCUT2D eigenvalue weighted by atomic mass is 16.6. The summed E-state index contributed by atoms with van der Waals surface area (Å²) in [5.74, 6) is -0.550. The van der Waals surface area contributed by atoms with Crippen molar-refractivity contribution in [1.82, 2.24) is 5.32 Å². The number of esters is 3. The van der Waals surface area contributed by atoms with Crippen LogP contribution in [0.25, 0.3) is 0 Å². The lowest BCUT2D eigenvalue weighted by Crippen LogP contribution is -2.45. The molecule has 48 heavy (non-hydrogen) atoms. The van der Waals surface area contributed by atoms with E-state index in [1.54, 1.807) is 24.3 Å². The lowest BCUT2D eigenvalue weighted by atomic mass is 9.60. The molecule has 260 valence electrons. The first-order valence-electron chi connectivity index (χ1n) is 16.0. The summed E-state index contributed by atoms with van der Waals surface area (Å²) < 4.78 is 33.1. The maximum absolute atomic E-state index is 13.2. The Balaban J connectivity index is 1.57. The Kier molecular flexibility index (Phi) is 14.5. The van der Waals surface area contributed by atoms with E-state index in [1.807, 2.05) is 36.4 Å². The zero-order chi connectivity index (χ0) is 35.0. The van der Waals surface area contributed by atoms with Gasteiger partial charge in [0.2, 0.25) is 0 Å². The fourth-order valence-electron chi connectivity index (χ4n) is 6.19. The monoisotopic (exact) mass is 665 g/mol. The van der Waals surface area contributed by atoms with Crippen molar-refractivity contribution in [2.45, 2.75) is 58.7 Å². The second-order valence-electron chi connectivity index (χ2n) is 13.0. The van der Waals surface area contributed by atoms with E-state index < -0.39 is 36.2 Å². The zero-order valence-electron chi connectivity index (χ0n) is 28.0. The molecule has 3 rings (SSSR count). The molecular formula is C37H47NO10. The highest BCUT2D eigenvalue weighted by Crippen LogP contribution is 2.49. The zero-order valence-corrected chi connectivity index (χ0v) is 28.0. The predicted octanol–water partition coefficient (Wildman–Crippen LogP) is 5.83. The molecule has 4 atom stereocenters. The van der Waals surface area contributed by atoms with E-state index in [2.05, 4.69) is 39.2 Å². The van der Waals surface area contributed by atoms with Crippen LogP contribution in [0.4, 0.5) is 4.79 Å². The first-order chi connectivity index (χ1) is 22.9. The summed E-state index contributed by atoms with van der Waals surface area (Å²) in [6.07, 6.45) is 2.10. The fraction of sp³-hybridized carbons (Fsp3) is 0.459.